The molecule has 18 nitrogen and oxygen atoms in total. The second-order valence-corrected chi connectivity index (χ2v) is 23.8. The molecule has 2 saturated heterocycles. The van der Waals surface area contributed by atoms with Crippen LogP contribution in [0.2, 0.25) is 0 Å². The average Bonchev–Trinajstić information content (AvgIpc) is 3.29. The minimum absolute atomic E-state index is 0.0328. The summed E-state index contributed by atoms with van der Waals surface area (Å²) >= 11 is 0. The van der Waals surface area contributed by atoms with Crippen molar-refractivity contribution in [1.82, 2.24) is 0 Å². The molecule has 6 fully saturated rings. The van der Waals surface area contributed by atoms with Crippen molar-refractivity contribution in [2.24, 2.45) is 50.2 Å². The molecule has 20 atom stereocenters. The molecule has 400 valence electrons. The third-order valence-electron chi connectivity index (χ3n) is 19.4. The number of aliphatic hydroxyl groups is 6. The lowest BCUT2D eigenvalue weighted by atomic mass is 9.33. The molecule has 0 aromatic carbocycles. The predicted octanol–water partition coefficient (Wildman–Crippen LogP) is 4.04. The van der Waals surface area contributed by atoms with Crippen molar-refractivity contribution >= 4 is 23.9 Å². The first kappa shape index (κ1) is 55.5. The zero-order valence-electron chi connectivity index (χ0n) is 43.5. The van der Waals surface area contributed by atoms with Gasteiger partial charge in [-0.3, -0.25) is 4.79 Å². The third kappa shape index (κ3) is 8.94. The summed E-state index contributed by atoms with van der Waals surface area (Å²) in [6.07, 6.45) is -9.48. The second-order valence-electron chi connectivity index (χ2n) is 23.8. The number of rotatable bonds is 11. The Labute approximate surface area is 417 Å². The molecule has 2 aliphatic heterocycles. The summed E-state index contributed by atoms with van der Waals surface area (Å²) in [5.41, 5.74) is -2.30. The van der Waals surface area contributed by atoms with Gasteiger partial charge in [-0.2, -0.15) is 0 Å². The molecule has 0 spiro atoms. The number of aliphatic hydroxyl groups excluding tert-OH is 6. The molecule has 4 saturated carbocycles. The zero-order chi connectivity index (χ0) is 52.7. The summed E-state index contributed by atoms with van der Waals surface area (Å²) in [5.74, 6) is -3.66. The van der Waals surface area contributed by atoms with E-state index in [2.05, 4.69) is 40.7 Å². The van der Waals surface area contributed by atoms with Gasteiger partial charge in [0.15, 0.2) is 24.8 Å². The minimum atomic E-state index is -1.93. The molecular formula is C53H80O18. The highest BCUT2D eigenvalue weighted by Crippen LogP contribution is 2.76. The monoisotopic (exact) mass is 1000 g/mol. The topological polar surface area (TPSA) is 274 Å². The number of carboxylic acid groups (broad SMARTS) is 1. The molecule has 7 aliphatic rings. The second kappa shape index (κ2) is 19.8. The molecule has 2 heterocycles. The maximum atomic E-state index is 13.9. The van der Waals surface area contributed by atoms with Crippen molar-refractivity contribution in [2.45, 2.75) is 208 Å². The predicted molar refractivity (Wildman–Crippen MR) is 252 cm³/mol. The molecule has 0 unspecified atom stereocenters. The molecule has 7 rings (SSSR count). The Morgan fingerprint density at radius 1 is 0.732 bits per heavy atom. The van der Waals surface area contributed by atoms with Gasteiger partial charge in [0, 0.05) is 23.5 Å². The van der Waals surface area contributed by atoms with E-state index >= 15 is 0 Å². The third-order valence-corrected chi connectivity index (χ3v) is 19.4. The highest BCUT2D eigenvalue weighted by molar-refractivity contribution is 5.89. The number of ether oxygens (including phenoxy) is 7. The first-order valence-corrected chi connectivity index (χ1v) is 25.4. The van der Waals surface area contributed by atoms with Gasteiger partial charge in [-0.25, -0.2) is 14.4 Å². The summed E-state index contributed by atoms with van der Waals surface area (Å²) in [6, 6.07) is 0. The largest absolute Gasteiger partial charge is 0.479 e. The lowest BCUT2D eigenvalue weighted by Crippen LogP contribution is -2.73. The number of fused-ring (bicyclic) bond motifs is 7. The van der Waals surface area contributed by atoms with Crippen LogP contribution in [0.3, 0.4) is 0 Å². The summed E-state index contributed by atoms with van der Waals surface area (Å²) in [5, 5.41) is 75.7. The van der Waals surface area contributed by atoms with E-state index < -0.39 is 150 Å². The molecule has 0 bridgehead atoms. The molecule has 0 aromatic rings. The van der Waals surface area contributed by atoms with Crippen LogP contribution in [0.5, 0.6) is 0 Å². The van der Waals surface area contributed by atoms with Gasteiger partial charge in [-0.1, -0.05) is 72.3 Å². The number of esters is 3. The van der Waals surface area contributed by atoms with E-state index in [0.717, 1.165) is 18.4 Å². The van der Waals surface area contributed by atoms with Crippen molar-refractivity contribution in [3.05, 3.63) is 34.9 Å². The van der Waals surface area contributed by atoms with Crippen molar-refractivity contribution in [3.8, 4) is 0 Å². The molecule has 7 N–H and O–H groups in total. The fourth-order valence-electron chi connectivity index (χ4n) is 15.0. The van der Waals surface area contributed by atoms with Crippen molar-refractivity contribution < 1.29 is 88.1 Å². The van der Waals surface area contributed by atoms with Gasteiger partial charge in [0.05, 0.1) is 24.7 Å². The number of carbonyl (C=O) groups is 4. The Morgan fingerprint density at radius 2 is 1.35 bits per heavy atom. The van der Waals surface area contributed by atoms with Crippen molar-refractivity contribution in [1.29, 1.82) is 0 Å². The van der Waals surface area contributed by atoms with Gasteiger partial charge in [-0.15, -0.1) is 0 Å². The maximum absolute atomic E-state index is 13.9. The summed E-state index contributed by atoms with van der Waals surface area (Å²) in [6.45, 7) is 22.2. The highest BCUT2D eigenvalue weighted by Gasteiger charge is 2.74. The van der Waals surface area contributed by atoms with Gasteiger partial charge < -0.3 is 68.9 Å². The van der Waals surface area contributed by atoms with Gasteiger partial charge in [-0.05, 0) is 112 Å². The van der Waals surface area contributed by atoms with Gasteiger partial charge >= 0.3 is 23.9 Å². The standard InChI is InChI=1S/C53H80O18/c1-13-25(3)44(63)70-41-42(71-45(64)26(4)14-2)53(24-54)29(21-48(41,6)7)28-15-16-32-50(10)19-18-33(49(8,9)31(50)17-20-51(32,11)52(28,12)22-34(53)66-27(5)55)67-47-38(60)39(37(59)40(69-47)43(61)62)68-46-36(58)35(57)30(56)23-65-46/h13-15,29-42,46-47,54,56-60H,16-24H2,1-12H3,(H,61,62)/b25-13-,26-14-/t29-,30-,31-,32+,33-,34+,35-,36+,37-,38+,39-,40-,41-,42-,46-,47+,50-,51+,52+,53-/m0/s1. The van der Waals surface area contributed by atoms with Crippen LogP contribution in [0.4, 0.5) is 0 Å². The number of aliphatic carboxylic acids is 1. The minimum Gasteiger partial charge on any atom is -0.479 e. The van der Waals surface area contributed by atoms with E-state index in [1.807, 2.05) is 13.8 Å². The van der Waals surface area contributed by atoms with Crippen LogP contribution in [0, 0.1) is 50.2 Å². The number of carbonyl (C=O) groups excluding carboxylic acids is 3. The highest BCUT2D eigenvalue weighted by atomic mass is 16.7. The van der Waals surface area contributed by atoms with E-state index in [0.29, 0.717) is 43.3 Å². The summed E-state index contributed by atoms with van der Waals surface area (Å²) in [7, 11) is 0. The van der Waals surface area contributed by atoms with Gasteiger partial charge in [0.2, 0.25) is 0 Å². The first-order chi connectivity index (χ1) is 33.0. The number of hydrogen-bond acceptors (Lipinski definition) is 17. The van der Waals surface area contributed by atoms with Crippen LogP contribution in [0.15, 0.2) is 34.9 Å². The van der Waals surface area contributed by atoms with Crippen LogP contribution in [-0.2, 0) is 52.3 Å². The smallest absolute Gasteiger partial charge is 0.335 e. The van der Waals surface area contributed by atoms with Crippen LogP contribution >= 0.6 is 0 Å². The average molecular weight is 1010 g/mol. The van der Waals surface area contributed by atoms with Crippen LogP contribution < -0.4 is 0 Å². The normalized spacial score (nSPS) is 46.2. The van der Waals surface area contributed by atoms with Crippen LogP contribution in [0.1, 0.15) is 128 Å². The fourth-order valence-corrected chi connectivity index (χ4v) is 15.0. The quantitative estimate of drug-likeness (QED) is 0.0506. The summed E-state index contributed by atoms with van der Waals surface area (Å²) < 4.78 is 42.7. The molecule has 0 aromatic heterocycles. The van der Waals surface area contributed by atoms with Crippen molar-refractivity contribution in [3.63, 3.8) is 0 Å². The van der Waals surface area contributed by atoms with Crippen LogP contribution in [0.25, 0.3) is 0 Å². The fraction of sp³-hybridized carbons (Fsp3) is 0.811. The van der Waals surface area contributed by atoms with E-state index in [9.17, 15) is 54.9 Å². The number of hydrogen-bond donors (Lipinski definition) is 7. The Hall–Kier alpha value is -3.30. The lowest BCUT2D eigenvalue weighted by Gasteiger charge is -2.72. The molecule has 18 heteroatoms. The maximum Gasteiger partial charge on any atom is 0.335 e. The van der Waals surface area contributed by atoms with Crippen molar-refractivity contribution in [2.75, 3.05) is 13.2 Å². The number of carboxylic acids is 1. The van der Waals surface area contributed by atoms with Gasteiger partial charge in [0.25, 0.3) is 0 Å². The first-order valence-electron chi connectivity index (χ1n) is 25.4. The zero-order valence-corrected chi connectivity index (χ0v) is 43.5. The SMILES string of the molecule is C/C=C(/C)C(=O)O[C@H]1[C@H](OC(=O)/C(C)=C\C)[C@]2(CO)[C@H](OC(C)=O)C[C@]3(C)C(=CC[C@@H]4[C@@]5(C)CC[C@H](O[C@@H]6O[C@H](C(=O)O)[C@@H](O)[C@H](O[C@@H]7OC[C@H](O)[C@H](O)[C@H]7O)[C@H]6O)C(C)(C)[C@@H]5CC[C@]43C)[C@@H]2CC1(C)C. The Kier molecular flexibility index (Phi) is 15.4. The van der Waals surface area contributed by atoms with Crippen LogP contribution in [-0.4, -0.2) is 153 Å². The Morgan fingerprint density at radius 3 is 1.93 bits per heavy atom. The molecule has 71 heavy (non-hydrogen) atoms. The Bertz CT molecular complexity index is 2150. The molecule has 0 amide bonds. The molecular weight excluding hydrogens is 925 g/mol. The molecule has 5 aliphatic carbocycles. The summed E-state index contributed by atoms with van der Waals surface area (Å²) in [4.78, 5) is 53.3. The van der Waals surface area contributed by atoms with E-state index in [1.54, 1.807) is 39.8 Å². The van der Waals surface area contributed by atoms with E-state index in [-0.39, 0.29) is 17.3 Å². The van der Waals surface area contributed by atoms with Gasteiger partial charge in [0.1, 0.15) is 48.8 Å². The van der Waals surface area contributed by atoms with E-state index in [1.165, 1.54) is 6.92 Å². The molecule has 0 radical (unpaired) electrons. The lowest BCUT2D eigenvalue weighted by molar-refractivity contribution is -0.357. The van der Waals surface area contributed by atoms with E-state index in [4.69, 9.17) is 33.2 Å². The Balaban J connectivity index is 1.22. The number of allylic oxidation sites excluding steroid dienone is 4.